The Bertz CT molecular complexity index is 1010. The predicted molar refractivity (Wildman–Crippen MR) is 119 cm³/mol. The van der Waals surface area contributed by atoms with Crippen LogP contribution in [0.1, 0.15) is 37.1 Å². The van der Waals surface area contributed by atoms with Crippen molar-refractivity contribution in [3.05, 3.63) is 72.0 Å². The second-order valence-corrected chi connectivity index (χ2v) is 8.06. The zero-order valence-corrected chi connectivity index (χ0v) is 17.9. The van der Waals surface area contributed by atoms with Crippen LogP contribution in [-0.2, 0) is 17.8 Å². The van der Waals surface area contributed by atoms with E-state index in [-0.39, 0.29) is 11.7 Å². The fourth-order valence-electron chi connectivity index (χ4n) is 3.94. The number of nitrogens with zero attached hydrogens (tertiary/aromatic N) is 3. The normalized spacial score (nSPS) is 13.9. The predicted octanol–water partition coefficient (Wildman–Crippen LogP) is 5.06. The Kier molecular flexibility index (Phi) is 6.65. The van der Waals surface area contributed by atoms with Gasteiger partial charge in [0.1, 0.15) is 5.82 Å². The molecule has 0 bridgehead atoms. The lowest BCUT2D eigenvalue weighted by atomic mass is 10.1. The molecule has 1 aliphatic rings. The van der Waals surface area contributed by atoms with Gasteiger partial charge < -0.3 is 14.2 Å². The molecule has 1 fully saturated rings. The molecule has 2 aromatic carbocycles. The fourth-order valence-corrected chi connectivity index (χ4v) is 3.94. The number of hydrogen-bond acceptors (Lipinski definition) is 4. The molecule has 0 radical (unpaired) electrons. The van der Waals surface area contributed by atoms with Gasteiger partial charge in [0, 0.05) is 45.2 Å². The van der Waals surface area contributed by atoms with Gasteiger partial charge in [-0.1, -0.05) is 24.3 Å². The van der Waals surface area contributed by atoms with Gasteiger partial charge >= 0.3 is 0 Å². The molecule has 1 aliphatic heterocycles. The molecule has 0 spiro atoms. The lowest BCUT2D eigenvalue weighted by Gasteiger charge is -2.29. The number of aryl methyl sites for hydroxylation is 1. The molecular formula is C25H28FN3O2. The van der Waals surface area contributed by atoms with Crippen LogP contribution in [-0.4, -0.2) is 35.9 Å². The molecule has 3 aromatic rings. The summed E-state index contributed by atoms with van der Waals surface area (Å²) in [5, 5.41) is 0. The summed E-state index contributed by atoms with van der Waals surface area (Å²) in [4.78, 5) is 20.9. The largest absolute Gasteiger partial charge is 0.441 e. The van der Waals surface area contributed by atoms with E-state index in [1.807, 2.05) is 0 Å². The Morgan fingerprint density at radius 1 is 1.10 bits per heavy atom. The molecule has 1 saturated heterocycles. The summed E-state index contributed by atoms with van der Waals surface area (Å²) in [6.07, 6.45) is 6.01. The molecule has 6 heteroatoms. The van der Waals surface area contributed by atoms with Crippen LogP contribution in [0.4, 0.5) is 10.1 Å². The van der Waals surface area contributed by atoms with Crippen LogP contribution in [0.2, 0.25) is 0 Å². The highest BCUT2D eigenvalue weighted by Crippen LogP contribution is 2.24. The molecule has 2 heterocycles. The van der Waals surface area contributed by atoms with Crippen molar-refractivity contribution in [1.82, 2.24) is 9.88 Å². The molecule has 5 nitrogen and oxygen atoms in total. The van der Waals surface area contributed by atoms with Crippen molar-refractivity contribution in [1.29, 1.82) is 0 Å². The first-order valence-electron chi connectivity index (χ1n) is 10.9. The van der Waals surface area contributed by atoms with Gasteiger partial charge in [0.15, 0.2) is 11.7 Å². The highest BCUT2D eigenvalue weighted by molar-refractivity contribution is 5.76. The first-order valence-corrected chi connectivity index (χ1v) is 10.9. The Morgan fingerprint density at radius 2 is 1.84 bits per heavy atom. The number of halogens is 1. The zero-order valence-electron chi connectivity index (χ0n) is 17.9. The van der Waals surface area contributed by atoms with Crippen LogP contribution in [0.25, 0.3) is 11.3 Å². The maximum atomic E-state index is 13.9. The molecule has 1 amide bonds. The number of benzene rings is 2. The minimum Gasteiger partial charge on any atom is -0.441 e. The zero-order chi connectivity index (χ0) is 21.6. The summed E-state index contributed by atoms with van der Waals surface area (Å²) in [6, 6.07) is 14.9. The van der Waals surface area contributed by atoms with E-state index in [1.54, 1.807) is 30.1 Å². The third kappa shape index (κ3) is 5.32. The SMILES string of the molecule is CN(Cc1ccc(N2CCCCC2)cc1)C(=O)CCc1ncc(-c2ccccc2F)o1. The molecule has 0 aliphatic carbocycles. The maximum absolute atomic E-state index is 13.9. The smallest absolute Gasteiger partial charge is 0.223 e. The summed E-state index contributed by atoms with van der Waals surface area (Å²) >= 11 is 0. The number of carbonyl (C=O) groups is 1. The van der Waals surface area contributed by atoms with E-state index in [0.29, 0.717) is 36.6 Å². The van der Waals surface area contributed by atoms with E-state index in [4.69, 9.17) is 4.42 Å². The quantitative estimate of drug-likeness (QED) is 0.535. The van der Waals surface area contributed by atoms with Gasteiger partial charge in [0.25, 0.3) is 0 Å². The van der Waals surface area contributed by atoms with Gasteiger partial charge in [-0.15, -0.1) is 0 Å². The van der Waals surface area contributed by atoms with Crippen molar-refractivity contribution in [2.75, 3.05) is 25.0 Å². The number of rotatable bonds is 7. The third-order valence-corrected chi connectivity index (χ3v) is 5.75. The lowest BCUT2D eigenvalue weighted by molar-refractivity contribution is -0.130. The second kappa shape index (κ2) is 9.77. The number of oxazole rings is 1. The minimum atomic E-state index is -0.354. The lowest BCUT2D eigenvalue weighted by Crippen LogP contribution is -2.29. The molecule has 0 N–H and O–H groups in total. The second-order valence-electron chi connectivity index (χ2n) is 8.06. The fraction of sp³-hybridized carbons (Fsp3) is 0.360. The molecule has 0 atom stereocenters. The number of hydrogen-bond donors (Lipinski definition) is 0. The summed E-state index contributed by atoms with van der Waals surface area (Å²) < 4.78 is 19.5. The average Bonchev–Trinajstić information content (AvgIpc) is 3.27. The minimum absolute atomic E-state index is 0.0192. The monoisotopic (exact) mass is 421 g/mol. The summed E-state index contributed by atoms with van der Waals surface area (Å²) in [5.41, 5.74) is 2.74. The number of carbonyl (C=O) groups excluding carboxylic acids is 1. The molecule has 0 unspecified atom stereocenters. The average molecular weight is 422 g/mol. The van der Waals surface area contributed by atoms with Crippen molar-refractivity contribution in [3.63, 3.8) is 0 Å². The number of amides is 1. The van der Waals surface area contributed by atoms with Gasteiger partial charge in [-0.05, 0) is 49.1 Å². The topological polar surface area (TPSA) is 49.6 Å². The first-order chi connectivity index (χ1) is 15.1. The summed E-state index contributed by atoms with van der Waals surface area (Å²) in [6.45, 7) is 2.81. The maximum Gasteiger partial charge on any atom is 0.223 e. The highest BCUT2D eigenvalue weighted by Gasteiger charge is 2.15. The van der Waals surface area contributed by atoms with Crippen LogP contribution in [0.5, 0.6) is 0 Å². The van der Waals surface area contributed by atoms with E-state index in [9.17, 15) is 9.18 Å². The van der Waals surface area contributed by atoms with Gasteiger partial charge in [-0.3, -0.25) is 4.79 Å². The van der Waals surface area contributed by atoms with Crippen molar-refractivity contribution in [2.45, 2.75) is 38.6 Å². The van der Waals surface area contributed by atoms with Crippen LogP contribution in [0.15, 0.2) is 59.1 Å². The van der Waals surface area contributed by atoms with Gasteiger partial charge in [-0.2, -0.15) is 0 Å². The molecular weight excluding hydrogens is 393 g/mol. The molecule has 162 valence electrons. The third-order valence-electron chi connectivity index (χ3n) is 5.75. The highest BCUT2D eigenvalue weighted by atomic mass is 19.1. The van der Waals surface area contributed by atoms with E-state index >= 15 is 0 Å². The Balaban J connectivity index is 1.28. The van der Waals surface area contributed by atoms with Crippen LogP contribution in [0.3, 0.4) is 0 Å². The van der Waals surface area contributed by atoms with Crippen LogP contribution >= 0.6 is 0 Å². The Labute approximate surface area is 182 Å². The van der Waals surface area contributed by atoms with Crippen molar-refractivity contribution >= 4 is 11.6 Å². The van der Waals surface area contributed by atoms with Gasteiger partial charge in [0.2, 0.25) is 5.91 Å². The summed E-state index contributed by atoms with van der Waals surface area (Å²) in [7, 11) is 1.81. The van der Waals surface area contributed by atoms with Crippen LogP contribution in [0, 0.1) is 5.82 Å². The molecule has 0 saturated carbocycles. The van der Waals surface area contributed by atoms with Crippen molar-refractivity contribution in [3.8, 4) is 11.3 Å². The van der Waals surface area contributed by atoms with Gasteiger partial charge in [0.05, 0.1) is 11.8 Å². The summed E-state index contributed by atoms with van der Waals surface area (Å²) in [5.74, 6) is 0.478. The van der Waals surface area contributed by atoms with E-state index in [0.717, 1.165) is 18.7 Å². The molecule has 31 heavy (non-hydrogen) atoms. The van der Waals surface area contributed by atoms with Crippen molar-refractivity contribution < 1.29 is 13.6 Å². The molecule has 1 aromatic heterocycles. The van der Waals surface area contributed by atoms with E-state index in [1.165, 1.54) is 37.2 Å². The standard InChI is InChI=1S/C25H28FN3O2/c1-28(18-19-9-11-20(12-10-19)29-15-5-2-6-16-29)25(30)14-13-24-27-17-23(31-24)21-7-3-4-8-22(21)26/h3-4,7-12,17H,2,5-6,13-16,18H2,1H3. The van der Waals surface area contributed by atoms with Crippen LogP contribution < -0.4 is 4.90 Å². The number of anilines is 1. The van der Waals surface area contributed by atoms with E-state index in [2.05, 4.69) is 34.1 Å². The number of piperidine rings is 1. The van der Waals surface area contributed by atoms with Gasteiger partial charge in [-0.25, -0.2) is 9.37 Å². The first kappa shape index (κ1) is 21.1. The van der Waals surface area contributed by atoms with E-state index < -0.39 is 0 Å². The molecule has 4 rings (SSSR count). The Morgan fingerprint density at radius 3 is 2.58 bits per heavy atom. The number of aromatic nitrogens is 1. The Hall–Kier alpha value is -3.15. The van der Waals surface area contributed by atoms with Crippen molar-refractivity contribution in [2.24, 2.45) is 0 Å².